The Bertz CT molecular complexity index is 661. The fourth-order valence-corrected chi connectivity index (χ4v) is 2.29. The lowest BCUT2D eigenvalue weighted by atomic mass is 10.3. The van der Waals surface area contributed by atoms with Crippen molar-refractivity contribution < 1.29 is 9.47 Å². The summed E-state index contributed by atoms with van der Waals surface area (Å²) in [6.07, 6.45) is 1.85. The van der Waals surface area contributed by atoms with Gasteiger partial charge in [0.25, 0.3) is 0 Å². The molecule has 0 unspecified atom stereocenters. The van der Waals surface area contributed by atoms with E-state index < -0.39 is 0 Å². The fourth-order valence-electron chi connectivity index (χ4n) is 2.29. The zero-order valence-corrected chi connectivity index (χ0v) is 13.1. The molecule has 0 atom stereocenters. The van der Waals surface area contributed by atoms with Gasteiger partial charge in [-0.15, -0.1) is 5.10 Å². The second kappa shape index (κ2) is 7.10. The van der Waals surface area contributed by atoms with Crippen molar-refractivity contribution in [2.75, 3.05) is 33.4 Å². The van der Waals surface area contributed by atoms with Crippen LogP contribution in [0.4, 0.5) is 0 Å². The number of guanidine groups is 1. The minimum Gasteiger partial charge on any atom is -0.497 e. The summed E-state index contributed by atoms with van der Waals surface area (Å²) in [4.78, 5) is 6.39. The monoisotopic (exact) mass is 316 g/mol. The Hall–Kier alpha value is -2.61. The zero-order valence-electron chi connectivity index (χ0n) is 13.1. The zero-order chi connectivity index (χ0) is 16.1. The molecular weight excluding hydrogens is 296 g/mol. The molecular formula is C15H20N6O2. The van der Waals surface area contributed by atoms with Crippen molar-refractivity contribution >= 4 is 5.96 Å². The van der Waals surface area contributed by atoms with Gasteiger partial charge < -0.3 is 20.1 Å². The lowest BCUT2D eigenvalue weighted by Crippen LogP contribution is -2.44. The van der Waals surface area contributed by atoms with Gasteiger partial charge in [0.2, 0.25) is 0 Å². The molecule has 1 fully saturated rings. The van der Waals surface area contributed by atoms with Crippen molar-refractivity contribution in [2.24, 2.45) is 10.7 Å². The standard InChI is InChI=1S/C15H20N6O2/c1-22-14-4-2-13(3-5-14)21-11-12(18-19-21)10-17-15(16)20-6-8-23-9-7-20/h2-5,11H,6-10H2,1H3,(H2,16,17). The molecule has 1 aliphatic rings. The third kappa shape index (κ3) is 3.78. The van der Waals surface area contributed by atoms with Crippen LogP contribution in [-0.2, 0) is 11.3 Å². The van der Waals surface area contributed by atoms with Crippen LogP contribution in [0.2, 0.25) is 0 Å². The third-order valence-electron chi connectivity index (χ3n) is 3.62. The summed E-state index contributed by atoms with van der Waals surface area (Å²) in [5.41, 5.74) is 7.67. The van der Waals surface area contributed by atoms with Gasteiger partial charge in [-0.2, -0.15) is 0 Å². The number of morpholine rings is 1. The second-order valence-corrected chi connectivity index (χ2v) is 5.13. The maximum Gasteiger partial charge on any atom is 0.191 e. The molecule has 2 heterocycles. The van der Waals surface area contributed by atoms with Crippen LogP contribution >= 0.6 is 0 Å². The molecule has 8 heteroatoms. The van der Waals surface area contributed by atoms with E-state index in [2.05, 4.69) is 15.3 Å². The number of nitrogens with two attached hydrogens (primary N) is 1. The molecule has 0 radical (unpaired) electrons. The van der Waals surface area contributed by atoms with Crippen LogP contribution in [0.3, 0.4) is 0 Å². The van der Waals surface area contributed by atoms with E-state index in [9.17, 15) is 0 Å². The Kier molecular flexibility index (Phi) is 4.72. The maximum absolute atomic E-state index is 6.00. The first kappa shape index (κ1) is 15.3. The molecule has 122 valence electrons. The summed E-state index contributed by atoms with van der Waals surface area (Å²) in [7, 11) is 1.64. The molecule has 0 bridgehead atoms. The quantitative estimate of drug-likeness (QED) is 0.649. The molecule has 0 spiro atoms. The van der Waals surface area contributed by atoms with Crippen molar-refractivity contribution in [1.29, 1.82) is 0 Å². The molecule has 23 heavy (non-hydrogen) atoms. The van der Waals surface area contributed by atoms with E-state index in [0.717, 1.165) is 30.2 Å². The van der Waals surface area contributed by atoms with Crippen LogP contribution < -0.4 is 10.5 Å². The van der Waals surface area contributed by atoms with E-state index in [0.29, 0.717) is 25.7 Å². The van der Waals surface area contributed by atoms with Crippen LogP contribution in [-0.4, -0.2) is 59.3 Å². The number of nitrogens with zero attached hydrogens (tertiary/aromatic N) is 5. The Morgan fingerprint density at radius 2 is 2.04 bits per heavy atom. The van der Waals surface area contributed by atoms with Crippen molar-refractivity contribution in [1.82, 2.24) is 19.9 Å². The summed E-state index contributed by atoms with van der Waals surface area (Å²) in [5.74, 6) is 1.32. The molecule has 0 aliphatic carbocycles. The molecule has 0 amide bonds. The van der Waals surface area contributed by atoms with Crippen LogP contribution in [0.25, 0.3) is 5.69 Å². The van der Waals surface area contributed by atoms with Gasteiger partial charge in [-0.1, -0.05) is 5.21 Å². The molecule has 8 nitrogen and oxygen atoms in total. The maximum atomic E-state index is 6.00. The number of aromatic nitrogens is 3. The molecule has 1 saturated heterocycles. The number of methoxy groups -OCH3 is 1. The van der Waals surface area contributed by atoms with E-state index in [1.807, 2.05) is 35.4 Å². The first-order valence-electron chi connectivity index (χ1n) is 7.44. The number of hydrogen-bond acceptors (Lipinski definition) is 5. The molecule has 3 rings (SSSR count). The molecule has 2 aromatic rings. The summed E-state index contributed by atoms with van der Waals surface area (Å²) >= 11 is 0. The van der Waals surface area contributed by atoms with Gasteiger partial charge in [0.15, 0.2) is 5.96 Å². The molecule has 1 aromatic heterocycles. The molecule has 0 saturated carbocycles. The van der Waals surface area contributed by atoms with Gasteiger partial charge in [0, 0.05) is 13.1 Å². The highest BCUT2D eigenvalue weighted by Crippen LogP contribution is 2.14. The predicted molar refractivity (Wildman–Crippen MR) is 85.6 cm³/mol. The highest BCUT2D eigenvalue weighted by atomic mass is 16.5. The highest BCUT2D eigenvalue weighted by Gasteiger charge is 2.12. The first-order valence-corrected chi connectivity index (χ1v) is 7.44. The minimum absolute atomic E-state index is 0.402. The van der Waals surface area contributed by atoms with Gasteiger partial charge in [0.05, 0.1) is 38.8 Å². The number of hydrogen-bond donors (Lipinski definition) is 1. The van der Waals surface area contributed by atoms with Crippen LogP contribution in [0.1, 0.15) is 5.69 Å². The topological polar surface area (TPSA) is 90.8 Å². The van der Waals surface area contributed by atoms with E-state index in [-0.39, 0.29) is 0 Å². The normalized spacial score (nSPS) is 15.7. The van der Waals surface area contributed by atoms with E-state index in [1.165, 1.54) is 0 Å². The van der Waals surface area contributed by atoms with Gasteiger partial charge in [-0.3, -0.25) is 0 Å². The number of rotatable bonds is 4. The highest BCUT2D eigenvalue weighted by molar-refractivity contribution is 5.78. The van der Waals surface area contributed by atoms with Gasteiger partial charge in [0.1, 0.15) is 11.4 Å². The second-order valence-electron chi connectivity index (χ2n) is 5.13. The van der Waals surface area contributed by atoms with Crippen molar-refractivity contribution in [3.63, 3.8) is 0 Å². The fraction of sp³-hybridized carbons (Fsp3) is 0.400. The van der Waals surface area contributed by atoms with Crippen molar-refractivity contribution in [3.8, 4) is 11.4 Å². The Balaban J connectivity index is 1.64. The lowest BCUT2D eigenvalue weighted by Gasteiger charge is -2.27. The van der Waals surface area contributed by atoms with Gasteiger partial charge >= 0.3 is 0 Å². The smallest absolute Gasteiger partial charge is 0.191 e. The first-order chi connectivity index (χ1) is 11.3. The Morgan fingerprint density at radius 3 is 2.74 bits per heavy atom. The van der Waals surface area contributed by atoms with Crippen molar-refractivity contribution in [2.45, 2.75) is 6.54 Å². The Labute approximate surface area is 134 Å². The predicted octanol–water partition coefficient (Wildman–Crippen LogP) is 0.423. The number of benzene rings is 1. The van der Waals surface area contributed by atoms with Crippen LogP contribution in [0.15, 0.2) is 35.5 Å². The van der Waals surface area contributed by atoms with Crippen LogP contribution in [0, 0.1) is 0 Å². The Morgan fingerprint density at radius 1 is 1.30 bits per heavy atom. The summed E-state index contributed by atoms with van der Waals surface area (Å²) < 4.78 is 12.1. The summed E-state index contributed by atoms with van der Waals surface area (Å²) in [6, 6.07) is 7.60. The van der Waals surface area contributed by atoms with Gasteiger partial charge in [-0.05, 0) is 24.3 Å². The molecule has 1 aliphatic heterocycles. The average Bonchev–Trinajstić information content (AvgIpc) is 3.09. The van der Waals surface area contributed by atoms with E-state index in [4.69, 9.17) is 15.2 Å². The lowest BCUT2D eigenvalue weighted by molar-refractivity contribution is 0.0674. The molecule has 2 N–H and O–H groups in total. The van der Waals surface area contributed by atoms with Gasteiger partial charge in [-0.25, -0.2) is 9.67 Å². The largest absolute Gasteiger partial charge is 0.497 e. The molecule has 1 aromatic carbocycles. The number of aliphatic imine (C=N–C) groups is 1. The average molecular weight is 316 g/mol. The third-order valence-corrected chi connectivity index (χ3v) is 3.62. The van der Waals surface area contributed by atoms with Crippen molar-refractivity contribution in [3.05, 3.63) is 36.2 Å². The van der Waals surface area contributed by atoms with E-state index >= 15 is 0 Å². The van der Waals surface area contributed by atoms with Crippen LogP contribution in [0.5, 0.6) is 5.75 Å². The number of ether oxygens (including phenoxy) is 2. The summed E-state index contributed by atoms with van der Waals surface area (Å²) in [6.45, 7) is 3.31. The SMILES string of the molecule is COc1ccc(-n2cc(CN=C(N)N3CCOCC3)nn2)cc1. The summed E-state index contributed by atoms with van der Waals surface area (Å²) in [5, 5.41) is 8.24. The van der Waals surface area contributed by atoms with E-state index in [1.54, 1.807) is 11.8 Å². The minimum atomic E-state index is 0.402.